The molecule has 4 rings (SSSR count). The van der Waals surface area contributed by atoms with Crippen LogP contribution in [0.3, 0.4) is 0 Å². The summed E-state index contributed by atoms with van der Waals surface area (Å²) in [6.45, 7) is 2.95. The maximum Gasteiger partial charge on any atom is 0.141 e. The van der Waals surface area contributed by atoms with Crippen molar-refractivity contribution in [3.63, 3.8) is 0 Å². The van der Waals surface area contributed by atoms with Crippen LogP contribution in [0.15, 0.2) is 30.3 Å². The number of benzene rings is 1. The summed E-state index contributed by atoms with van der Waals surface area (Å²) in [6.07, 6.45) is 1.14. The van der Waals surface area contributed by atoms with E-state index in [1.807, 2.05) is 6.07 Å². The van der Waals surface area contributed by atoms with Crippen LogP contribution in [-0.2, 0) is 11.3 Å². The normalized spacial score (nSPS) is 30.0. The zero-order valence-electron chi connectivity index (χ0n) is 8.73. The number of Topliss-reactive ketones (excluding diaryl/α,β-unsaturated/α-hetero) is 1. The molecule has 3 aliphatic rings. The highest BCUT2D eigenvalue weighted by Gasteiger charge is 2.45. The van der Waals surface area contributed by atoms with Crippen molar-refractivity contribution in [1.29, 1.82) is 0 Å². The zero-order chi connectivity index (χ0) is 10.3. The highest BCUT2D eigenvalue weighted by Crippen LogP contribution is 2.36. The molecule has 0 N–H and O–H groups in total. The van der Waals surface area contributed by atoms with E-state index in [2.05, 4.69) is 29.2 Å². The fourth-order valence-electron chi connectivity index (χ4n) is 2.75. The SMILES string of the molecule is O=C1[C@H]2C[C@H]1CN(Cc1ccccc1)C2. The van der Waals surface area contributed by atoms with Gasteiger partial charge in [-0.1, -0.05) is 30.3 Å². The van der Waals surface area contributed by atoms with Gasteiger partial charge in [0, 0.05) is 31.5 Å². The van der Waals surface area contributed by atoms with E-state index >= 15 is 0 Å². The second-order valence-electron chi connectivity index (χ2n) is 4.71. The van der Waals surface area contributed by atoms with Crippen molar-refractivity contribution in [3.8, 4) is 0 Å². The minimum absolute atomic E-state index is 0.354. The Bertz CT molecular complexity index is 359. The molecule has 2 bridgehead atoms. The van der Waals surface area contributed by atoms with E-state index in [1.54, 1.807) is 0 Å². The molecule has 0 unspecified atom stereocenters. The lowest BCUT2D eigenvalue weighted by atomic mass is 9.69. The van der Waals surface area contributed by atoms with Crippen LogP contribution in [0.1, 0.15) is 12.0 Å². The molecular weight excluding hydrogens is 186 g/mol. The average molecular weight is 201 g/mol. The van der Waals surface area contributed by atoms with Crippen molar-refractivity contribution in [2.45, 2.75) is 13.0 Å². The number of piperidine rings is 2. The molecule has 1 aliphatic carbocycles. The second kappa shape index (κ2) is 3.46. The third kappa shape index (κ3) is 1.59. The number of ketones is 1. The largest absolute Gasteiger partial charge is 0.299 e. The van der Waals surface area contributed by atoms with Crippen LogP contribution in [0.2, 0.25) is 0 Å². The van der Waals surface area contributed by atoms with Gasteiger partial charge in [-0.25, -0.2) is 0 Å². The number of rotatable bonds is 2. The van der Waals surface area contributed by atoms with Gasteiger partial charge in [0.1, 0.15) is 5.78 Å². The first-order chi connectivity index (χ1) is 7.33. The Balaban J connectivity index is 1.64. The van der Waals surface area contributed by atoms with Crippen LogP contribution >= 0.6 is 0 Å². The number of nitrogens with zero attached hydrogens (tertiary/aromatic N) is 1. The highest BCUT2D eigenvalue weighted by molar-refractivity contribution is 5.90. The predicted octanol–water partition coefficient (Wildman–Crippen LogP) is 1.71. The van der Waals surface area contributed by atoms with Crippen molar-refractivity contribution >= 4 is 5.78 Å². The Morgan fingerprint density at radius 2 is 1.80 bits per heavy atom. The minimum Gasteiger partial charge on any atom is -0.299 e. The first kappa shape index (κ1) is 9.10. The molecule has 2 aliphatic heterocycles. The minimum atomic E-state index is 0.354. The predicted molar refractivity (Wildman–Crippen MR) is 58.3 cm³/mol. The Morgan fingerprint density at radius 1 is 1.13 bits per heavy atom. The standard InChI is InChI=1S/C13H15NO/c15-13-11-6-12(13)9-14(8-11)7-10-4-2-1-3-5-10/h1-5,11-12H,6-9H2/t11-,12-/m0/s1. The summed E-state index contributed by atoms with van der Waals surface area (Å²) < 4.78 is 0. The fourth-order valence-corrected chi connectivity index (χ4v) is 2.75. The first-order valence-electron chi connectivity index (χ1n) is 5.63. The molecule has 3 fully saturated rings. The summed E-state index contributed by atoms with van der Waals surface area (Å²) in [5.74, 6) is 1.22. The molecule has 1 saturated carbocycles. The summed E-state index contributed by atoms with van der Waals surface area (Å²) in [7, 11) is 0. The number of hydrogen-bond donors (Lipinski definition) is 0. The molecule has 0 radical (unpaired) electrons. The summed E-state index contributed by atoms with van der Waals surface area (Å²) in [6, 6.07) is 10.5. The van der Waals surface area contributed by atoms with Crippen molar-refractivity contribution in [1.82, 2.24) is 4.90 Å². The topological polar surface area (TPSA) is 20.3 Å². The number of carbonyl (C=O) groups excluding carboxylic acids is 1. The lowest BCUT2D eigenvalue weighted by Gasteiger charge is -2.45. The van der Waals surface area contributed by atoms with Gasteiger partial charge >= 0.3 is 0 Å². The third-order valence-corrected chi connectivity index (χ3v) is 3.58. The van der Waals surface area contributed by atoms with Crippen molar-refractivity contribution in [2.24, 2.45) is 11.8 Å². The summed E-state index contributed by atoms with van der Waals surface area (Å²) >= 11 is 0. The fraction of sp³-hybridized carbons (Fsp3) is 0.462. The Labute approximate surface area is 89.9 Å². The Kier molecular flexibility index (Phi) is 2.10. The number of carbonyl (C=O) groups is 1. The second-order valence-corrected chi connectivity index (χ2v) is 4.71. The molecule has 2 nitrogen and oxygen atoms in total. The van der Waals surface area contributed by atoms with Crippen LogP contribution in [0.5, 0.6) is 0 Å². The van der Waals surface area contributed by atoms with E-state index in [4.69, 9.17) is 0 Å². The van der Waals surface area contributed by atoms with Crippen LogP contribution in [0, 0.1) is 11.8 Å². The van der Waals surface area contributed by atoms with Gasteiger partial charge in [-0.05, 0) is 12.0 Å². The zero-order valence-corrected chi connectivity index (χ0v) is 8.73. The molecule has 2 heteroatoms. The summed E-state index contributed by atoms with van der Waals surface area (Å²) in [5.41, 5.74) is 1.35. The Hall–Kier alpha value is -1.15. The van der Waals surface area contributed by atoms with Crippen molar-refractivity contribution in [3.05, 3.63) is 35.9 Å². The number of fused-ring (bicyclic) bond motifs is 2. The van der Waals surface area contributed by atoms with E-state index in [9.17, 15) is 4.79 Å². The molecule has 78 valence electrons. The van der Waals surface area contributed by atoms with E-state index in [0.29, 0.717) is 17.6 Å². The molecule has 1 aromatic carbocycles. The monoisotopic (exact) mass is 201 g/mol. The van der Waals surface area contributed by atoms with E-state index in [0.717, 1.165) is 26.1 Å². The van der Waals surface area contributed by atoms with Gasteiger partial charge in [0.25, 0.3) is 0 Å². The van der Waals surface area contributed by atoms with Crippen LogP contribution < -0.4 is 0 Å². The maximum atomic E-state index is 11.4. The highest BCUT2D eigenvalue weighted by atomic mass is 16.1. The summed E-state index contributed by atoms with van der Waals surface area (Å²) in [4.78, 5) is 13.8. The first-order valence-corrected chi connectivity index (χ1v) is 5.63. The van der Waals surface area contributed by atoms with Gasteiger partial charge in [0.15, 0.2) is 0 Å². The summed E-state index contributed by atoms with van der Waals surface area (Å²) in [5, 5.41) is 0. The Morgan fingerprint density at radius 3 is 2.40 bits per heavy atom. The van der Waals surface area contributed by atoms with Gasteiger partial charge in [-0.15, -0.1) is 0 Å². The van der Waals surface area contributed by atoms with Crippen molar-refractivity contribution in [2.75, 3.05) is 13.1 Å². The maximum absolute atomic E-state index is 11.4. The van der Waals surface area contributed by atoms with E-state index in [1.165, 1.54) is 5.56 Å². The van der Waals surface area contributed by atoms with Crippen LogP contribution in [0.4, 0.5) is 0 Å². The van der Waals surface area contributed by atoms with Crippen molar-refractivity contribution < 1.29 is 4.79 Å². The molecule has 0 amide bonds. The average Bonchev–Trinajstić information content (AvgIpc) is 2.30. The van der Waals surface area contributed by atoms with Crippen LogP contribution in [-0.4, -0.2) is 23.8 Å². The van der Waals surface area contributed by atoms with Gasteiger partial charge in [0.05, 0.1) is 0 Å². The molecule has 0 spiro atoms. The molecular formula is C13H15NO. The lowest BCUT2D eigenvalue weighted by Crippen LogP contribution is -2.55. The molecule has 0 aromatic heterocycles. The van der Waals surface area contributed by atoms with Crippen LogP contribution in [0.25, 0.3) is 0 Å². The molecule has 2 atom stereocenters. The van der Waals surface area contributed by atoms with Gasteiger partial charge in [0.2, 0.25) is 0 Å². The molecule has 15 heavy (non-hydrogen) atoms. The molecule has 2 saturated heterocycles. The van der Waals surface area contributed by atoms with E-state index < -0.39 is 0 Å². The smallest absolute Gasteiger partial charge is 0.141 e. The van der Waals surface area contributed by atoms with Gasteiger partial charge in [-0.3, -0.25) is 9.69 Å². The van der Waals surface area contributed by atoms with Gasteiger partial charge in [-0.2, -0.15) is 0 Å². The number of hydrogen-bond acceptors (Lipinski definition) is 2. The molecule has 2 heterocycles. The lowest BCUT2D eigenvalue weighted by molar-refractivity contribution is -0.143. The third-order valence-electron chi connectivity index (χ3n) is 3.58. The molecule has 1 aromatic rings. The van der Waals surface area contributed by atoms with Gasteiger partial charge < -0.3 is 0 Å². The van der Waals surface area contributed by atoms with E-state index in [-0.39, 0.29) is 0 Å². The quantitative estimate of drug-likeness (QED) is 0.726.